The highest BCUT2D eigenvalue weighted by molar-refractivity contribution is 7.89. The first-order valence-corrected chi connectivity index (χ1v) is 6.84. The molecule has 0 bridgehead atoms. The molecule has 0 fully saturated rings. The van der Waals surface area contributed by atoms with Gasteiger partial charge in [0.05, 0.1) is 6.54 Å². The van der Waals surface area contributed by atoms with E-state index in [0.29, 0.717) is 12.1 Å². The molecule has 0 spiro atoms. The van der Waals surface area contributed by atoms with Crippen LogP contribution in [0.15, 0.2) is 17.0 Å². The number of nitrogens with two attached hydrogens (primary N) is 1. The maximum atomic E-state index is 13.7. The van der Waals surface area contributed by atoms with Crippen LogP contribution in [-0.2, 0) is 16.6 Å². The van der Waals surface area contributed by atoms with Crippen molar-refractivity contribution in [3.8, 4) is 0 Å². The molecule has 0 radical (unpaired) electrons. The molecule has 11 heteroatoms. The van der Waals surface area contributed by atoms with E-state index in [4.69, 9.17) is 5.73 Å². The zero-order valence-corrected chi connectivity index (χ0v) is 11.0. The van der Waals surface area contributed by atoms with Gasteiger partial charge in [0.2, 0.25) is 10.0 Å². The van der Waals surface area contributed by atoms with Crippen molar-refractivity contribution < 1.29 is 34.8 Å². The Morgan fingerprint density at radius 2 is 1.81 bits per heavy atom. The second kappa shape index (κ2) is 6.20. The van der Waals surface area contributed by atoms with E-state index in [1.165, 1.54) is 0 Å². The predicted octanol–water partition coefficient (Wildman–Crippen LogP) is 1.60. The summed E-state index contributed by atoms with van der Waals surface area (Å²) in [6.45, 7) is -2.60. The van der Waals surface area contributed by atoms with Crippen LogP contribution >= 0.6 is 0 Å². The number of benzene rings is 1. The van der Waals surface area contributed by atoms with Gasteiger partial charge in [0, 0.05) is 12.1 Å². The third kappa shape index (κ3) is 3.86. The topological polar surface area (TPSA) is 72.2 Å². The average molecular weight is 336 g/mol. The van der Waals surface area contributed by atoms with Crippen molar-refractivity contribution in [2.45, 2.75) is 23.8 Å². The summed E-state index contributed by atoms with van der Waals surface area (Å²) in [6, 6.07) is 1.05. The fourth-order valence-corrected chi connectivity index (χ4v) is 2.46. The van der Waals surface area contributed by atoms with Crippen LogP contribution in [0.3, 0.4) is 0 Å². The standard InChI is InChI=1S/C10H10F6N2O2S/c11-6-1-2-7(8(12)5(6)3-17)21(19,20)18-4-10(15,16)9(13)14/h1-2,9,18H,3-4,17H2. The molecular weight excluding hydrogens is 326 g/mol. The lowest BCUT2D eigenvalue weighted by molar-refractivity contribution is -0.122. The van der Waals surface area contributed by atoms with Crippen LogP contribution in [0, 0.1) is 11.6 Å². The first-order chi connectivity index (χ1) is 9.53. The van der Waals surface area contributed by atoms with Gasteiger partial charge >= 0.3 is 12.3 Å². The number of nitrogens with one attached hydrogen (secondary N) is 1. The molecule has 0 aliphatic rings. The van der Waals surface area contributed by atoms with E-state index in [9.17, 15) is 34.8 Å². The van der Waals surface area contributed by atoms with Gasteiger partial charge in [-0.25, -0.2) is 30.7 Å². The molecular formula is C10H10F6N2O2S. The van der Waals surface area contributed by atoms with E-state index in [1.54, 1.807) is 0 Å². The maximum absolute atomic E-state index is 13.7. The number of hydrogen-bond donors (Lipinski definition) is 2. The van der Waals surface area contributed by atoms with Gasteiger partial charge in [0.25, 0.3) is 0 Å². The molecule has 0 heterocycles. The summed E-state index contributed by atoms with van der Waals surface area (Å²) in [6.07, 6.45) is -4.10. The van der Waals surface area contributed by atoms with Crippen molar-refractivity contribution in [1.82, 2.24) is 4.72 Å². The Hall–Kier alpha value is -1.33. The quantitative estimate of drug-likeness (QED) is 0.775. The van der Waals surface area contributed by atoms with Crippen LogP contribution in [0.25, 0.3) is 0 Å². The highest BCUT2D eigenvalue weighted by Crippen LogP contribution is 2.24. The minimum atomic E-state index is -4.87. The van der Waals surface area contributed by atoms with Gasteiger partial charge in [-0.1, -0.05) is 0 Å². The Morgan fingerprint density at radius 3 is 2.29 bits per heavy atom. The average Bonchev–Trinajstić information content (AvgIpc) is 2.36. The molecule has 0 amide bonds. The second-order valence-corrected chi connectivity index (χ2v) is 5.66. The third-order valence-corrected chi connectivity index (χ3v) is 3.88. The fraction of sp³-hybridized carbons (Fsp3) is 0.400. The Bertz CT molecular complexity index is 620. The Morgan fingerprint density at radius 1 is 1.24 bits per heavy atom. The minimum absolute atomic E-state index is 0.479. The van der Waals surface area contributed by atoms with Gasteiger partial charge in [-0.15, -0.1) is 0 Å². The molecule has 3 N–H and O–H groups in total. The molecule has 0 saturated carbocycles. The Labute approximate surface area is 116 Å². The number of sulfonamides is 1. The molecule has 4 nitrogen and oxygen atoms in total. The summed E-state index contributed by atoms with van der Waals surface area (Å²) in [5.41, 5.74) is 4.27. The van der Waals surface area contributed by atoms with Crippen LogP contribution in [0.1, 0.15) is 5.56 Å². The molecule has 120 valence electrons. The normalized spacial score (nSPS) is 13.0. The number of rotatable bonds is 6. The van der Waals surface area contributed by atoms with Crippen LogP contribution in [0.4, 0.5) is 26.3 Å². The van der Waals surface area contributed by atoms with E-state index in [0.717, 1.165) is 4.72 Å². The molecule has 0 aromatic heterocycles. The fourth-order valence-electron chi connectivity index (χ4n) is 1.32. The number of halogens is 6. The summed E-state index contributed by atoms with van der Waals surface area (Å²) in [5.74, 6) is -7.31. The van der Waals surface area contributed by atoms with E-state index in [2.05, 4.69) is 0 Å². The van der Waals surface area contributed by atoms with Crippen LogP contribution < -0.4 is 10.5 Å². The predicted molar refractivity (Wildman–Crippen MR) is 60.4 cm³/mol. The lowest BCUT2D eigenvalue weighted by Crippen LogP contribution is -2.41. The molecule has 0 aliphatic carbocycles. The SMILES string of the molecule is NCc1c(F)ccc(S(=O)(=O)NCC(F)(F)C(F)F)c1F. The first kappa shape index (κ1) is 17.7. The van der Waals surface area contributed by atoms with Crippen molar-refractivity contribution in [3.63, 3.8) is 0 Å². The zero-order chi connectivity index (χ0) is 16.4. The smallest absolute Gasteiger partial charge is 0.320 e. The van der Waals surface area contributed by atoms with Crippen molar-refractivity contribution in [1.29, 1.82) is 0 Å². The minimum Gasteiger partial charge on any atom is -0.326 e. The summed E-state index contributed by atoms with van der Waals surface area (Å²) >= 11 is 0. The lowest BCUT2D eigenvalue weighted by atomic mass is 10.2. The molecule has 0 aliphatic heterocycles. The summed E-state index contributed by atoms with van der Waals surface area (Å²) < 4.78 is 100. The first-order valence-electron chi connectivity index (χ1n) is 5.35. The highest BCUT2D eigenvalue weighted by Gasteiger charge is 2.42. The molecule has 0 unspecified atom stereocenters. The van der Waals surface area contributed by atoms with Gasteiger partial charge in [-0.3, -0.25) is 0 Å². The summed E-state index contributed by atoms with van der Waals surface area (Å²) in [5, 5.41) is 0. The molecule has 0 saturated heterocycles. The molecule has 1 aromatic carbocycles. The summed E-state index contributed by atoms with van der Waals surface area (Å²) in [7, 11) is -4.87. The largest absolute Gasteiger partial charge is 0.326 e. The van der Waals surface area contributed by atoms with Gasteiger partial charge in [0.1, 0.15) is 10.7 Å². The van der Waals surface area contributed by atoms with Gasteiger partial charge in [-0.2, -0.15) is 8.78 Å². The van der Waals surface area contributed by atoms with Gasteiger partial charge in [0.15, 0.2) is 5.82 Å². The van der Waals surface area contributed by atoms with E-state index in [-0.39, 0.29) is 0 Å². The molecule has 1 rings (SSSR count). The van der Waals surface area contributed by atoms with E-state index >= 15 is 0 Å². The molecule has 0 atom stereocenters. The van der Waals surface area contributed by atoms with E-state index in [1.807, 2.05) is 0 Å². The van der Waals surface area contributed by atoms with Crippen molar-refractivity contribution >= 4 is 10.0 Å². The van der Waals surface area contributed by atoms with Crippen molar-refractivity contribution in [2.75, 3.05) is 6.54 Å². The third-order valence-electron chi connectivity index (χ3n) is 2.46. The highest BCUT2D eigenvalue weighted by atomic mass is 32.2. The zero-order valence-electron chi connectivity index (χ0n) is 10.2. The van der Waals surface area contributed by atoms with Gasteiger partial charge < -0.3 is 5.73 Å². The number of hydrogen-bond acceptors (Lipinski definition) is 3. The van der Waals surface area contributed by atoms with Crippen LogP contribution in [0.2, 0.25) is 0 Å². The van der Waals surface area contributed by atoms with Crippen LogP contribution in [0.5, 0.6) is 0 Å². The lowest BCUT2D eigenvalue weighted by Gasteiger charge is -2.16. The number of alkyl halides is 4. The summed E-state index contributed by atoms with van der Waals surface area (Å²) in [4.78, 5) is -1.16. The van der Waals surface area contributed by atoms with Crippen LogP contribution in [-0.4, -0.2) is 27.3 Å². The maximum Gasteiger partial charge on any atom is 0.320 e. The second-order valence-electron chi connectivity index (χ2n) is 3.93. The van der Waals surface area contributed by atoms with Gasteiger partial charge in [-0.05, 0) is 12.1 Å². The van der Waals surface area contributed by atoms with Crippen molar-refractivity contribution in [2.24, 2.45) is 5.73 Å². The molecule has 21 heavy (non-hydrogen) atoms. The Balaban J connectivity index is 3.10. The van der Waals surface area contributed by atoms with E-state index < -0.39 is 57.6 Å². The monoisotopic (exact) mass is 336 g/mol. The molecule has 1 aromatic rings. The van der Waals surface area contributed by atoms with Crippen molar-refractivity contribution in [3.05, 3.63) is 29.3 Å². The Kier molecular flexibility index (Phi) is 5.23.